The maximum Gasteiger partial charge on any atom is 0.0642 e. The van der Waals surface area contributed by atoms with Gasteiger partial charge in [0.1, 0.15) is 0 Å². The van der Waals surface area contributed by atoms with Crippen molar-refractivity contribution in [2.45, 2.75) is 18.2 Å². The summed E-state index contributed by atoms with van der Waals surface area (Å²) in [4.78, 5) is 2.41. The number of ether oxygens (including phenoxy) is 1. The molecule has 0 bridgehead atoms. The quantitative estimate of drug-likeness (QED) is 0.770. The number of para-hydroxylation sites is 1. The van der Waals surface area contributed by atoms with E-state index in [-0.39, 0.29) is 0 Å². The molecule has 1 unspecified atom stereocenters. The second-order valence-corrected chi connectivity index (χ2v) is 5.76. The van der Waals surface area contributed by atoms with Gasteiger partial charge in [-0.3, -0.25) is 0 Å². The molecular weight excluding hydrogens is 314 g/mol. The van der Waals surface area contributed by atoms with Crippen molar-refractivity contribution in [1.29, 1.82) is 0 Å². The summed E-state index contributed by atoms with van der Waals surface area (Å²) in [6, 6.07) is 6.12. The highest BCUT2D eigenvalue weighted by molar-refractivity contribution is 9.08. The van der Waals surface area contributed by atoms with Crippen molar-refractivity contribution in [2.24, 2.45) is 5.92 Å². The van der Waals surface area contributed by atoms with Gasteiger partial charge in [-0.25, -0.2) is 0 Å². The van der Waals surface area contributed by atoms with Gasteiger partial charge in [0.25, 0.3) is 0 Å². The molecule has 100 valence electrons. The van der Waals surface area contributed by atoms with Crippen LogP contribution in [0.1, 0.15) is 18.4 Å². The number of rotatable bonds is 4. The van der Waals surface area contributed by atoms with Crippen LogP contribution in [0.4, 0.5) is 5.69 Å². The van der Waals surface area contributed by atoms with Crippen molar-refractivity contribution in [3.05, 3.63) is 28.8 Å². The first-order valence-electron chi connectivity index (χ1n) is 6.33. The summed E-state index contributed by atoms with van der Waals surface area (Å²) in [5.41, 5.74) is 2.46. The van der Waals surface area contributed by atoms with Crippen LogP contribution in [0.3, 0.4) is 0 Å². The minimum atomic E-state index is 0.614. The Kier molecular flexibility index (Phi) is 5.34. The normalized spacial score (nSPS) is 20.2. The lowest BCUT2D eigenvalue weighted by Crippen LogP contribution is -2.37. The van der Waals surface area contributed by atoms with Gasteiger partial charge in [-0.1, -0.05) is 39.7 Å². The van der Waals surface area contributed by atoms with E-state index in [0.717, 1.165) is 30.0 Å². The van der Waals surface area contributed by atoms with Gasteiger partial charge < -0.3 is 9.64 Å². The number of methoxy groups -OCH3 is 1. The summed E-state index contributed by atoms with van der Waals surface area (Å²) in [7, 11) is 1.78. The molecule has 1 aromatic rings. The van der Waals surface area contributed by atoms with Crippen LogP contribution in [0.5, 0.6) is 0 Å². The highest BCUT2D eigenvalue weighted by atomic mass is 79.9. The van der Waals surface area contributed by atoms with E-state index in [1.807, 2.05) is 12.1 Å². The Morgan fingerprint density at radius 3 is 3.06 bits per heavy atom. The molecule has 1 aliphatic heterocycles. The Labute approximate surface area is 122 Å². The molecule has 0 radical (unpaired) electrons. The first-order chi connectivity index (χ1) is 8.76. The third-order valence-electron chi connectivity index (χ3n) is 3.45. The molecule has 1 aromatic carbocycles. The summed E-state index contributed by atoms with van der Waals surface area (Å²) in [6.45, 7) is 2.96. The van der Waals surface area contributed by atoms with E-state index in [1.165, 1.54) is 24.1 Å². The van der Waals surface area contributed by atoms with Crippen molar-refractivity contribution >= 4 is 33.2 Å². The number of piperidine rings is 1. The van der Waals surface area contributed by atoms with Gasteiger partial charge in [0.05, 0.1) is 17.3 Å². The molecule has 1 atom stereocenters. The van der Waals surface area contributed by atoms with Crippen molar-refractivity contribution in [1.82, 2.24) is 0 Å². The van der Waals surface area contributed by atoms with Gasteiger partial charge in [-0.2, -0.15) is 0 Å². The van der Waals surface area contributed by atoms with Crippen molar-refractivity contribution in [3.63, 3.8) is 0 Å². The van der Waals surface area contributed by atoms with Crippen LogP contribution < -0.4 is 4.90 Å². The molecule has 1 aliphatic rings. The molecule has 0 saturated carbocycles. The van der Waals surface area contributed by atoms with Gasteiger partial charge in [0, 0.05) is 25.5 Å². The van der Waals surface area contributed by atoms with Crippen LogP contribution in [-0.2, 0) is 10.1 Å². The lowest BCUT2D eigenvalue weighted by molar-refractivity contribution is 0.143. The molecule has 0 aliphatic carbocycles. The first kappa shape index (κ1) is 14.2. The molecule has 0 amide bonds. The average Bonchev–Trinajstić information content (AvgIpc) is 2.39. The number of hydrogen-bond acceptors (Lipinski definition) is 2. The lowest BCUT2D eigenvalue weighted by Gasteiger charge is -2.35. The Hall–Kier alpha value is -0.250. The van der Waals surface area contributed by atoms with E-state index in [4.69, 9.17) is 16.3 Å². The van der Waals surface area contributed by atoms with Crippen LogP contribution in [-0.4, -0.2) is 26.8 Å². The molecule has 2 nitrogen and oxygen atoms in total. The first-order valence-corrected chi connectivity index (χ1v) is 7.83. The third kappa shape index (κ3) is 3.19. The summed E-state index contributed by atoms with van der Waals surface area (Å²) in [6.07, 6.45) is 2.46. The molecular formula is C14H19BrClNO. The van der Waals surface area contributed by atoms with Gasteiger partial charge in [-0.15, -0.1) is 0 Å². The number of nitrogens with zero attached hydrogens (tertiary/aromatic N) is 1. The highest BCUT2D eigenvalue weighted by Gasteiger charge is 2.23. The Balaban J connectivity index is 2.20. The number of halogens is 2. The molecule has 1 heterocycles. The number of benzene rings is 1. The molecule has 4 heteroatoms. The van der Waals surface area contributed by atoms with E-state index < -0.39 is 0 Å². The van der Waals surface area contributed by atoms with E-state index in [0.29, 0.717) is 5.92 Å². The summed E-state index contributed by atoms with van der Waals surface area (Å²) in [5.74, 6) is 0.614. The van der Waals surface area contributed by atoms with Gasteiger partial charge in [0.2, 0.25) is 0 Å². The number of alkyl halides is 1. The smallest absolute Gasteiger partial charge is 0.0642 e. The molecule has 0 spiro atoms. The summed E-state index contributed by atoms with van der Waals surface area (Å²) < 4.78 is 5.28. The Morgan fingerprint density at radius 1 is 1.50 bits per heavy atom. The van der Waals surface area contributed by atoms with Crippen LogP contribution in [0.2, 0.25) is 5.02 Å². The van der Waals surface area contributed by atoms with Crippen LogP contribution >= 0.6 is 27.5 Å². The predicted octanol–water partition coefficient (Wildman–Crippen LogP) is 4.10. The summed E-state index contributed by atoms with van der Waals surface area (Å²) >= 11 is 9.92. The fourth-order valence-electron chi connectivity index (χ4n) is 2.66. The largest absolute Gasteiger partial charge is 0.384 e. The molecule has 18 heavy (non-hydrogen) atoms. The van der Waals surface area contributed by atoms with Crippen LogP contribution in [0, 0.1) is 5.92 Å². The monoisotopic (exact) mass is 331 g/mol. The average molecular weight is 333 g/mol. The molecule has 0 aromatic heterocycles. The zero-order chi connectivity index (χ0) is 13.0. The van der Waals surface area contributed by atoms with E-state index in [2.05, 4.69) is 26.9 Å². The standard InChI is InChI=1S/C14H19BrClNO/c1-18-10-11-4-3-7-17(9-11)14-12(8-15)5-2-6-13(14)16/h2,5-6,11H,3-4,7-10H2,1H3. The molecule has 1 fully saturated rings. The number of hydrogen-bond donors (Lipinski definition) is 0. The van der Waals surface area contributed by atoms with Crippen molar-refractivity contribution in [3.8, 4) is 0 Å². The Morgan fingerprint density at radius 2 is 2.33 bits per heavy atom. The fourth-order valence-corrected chi connectivity index (χ4v) is 3.43. The van der Waals surface area contributed by atoms with E-state index in [1.54, 1.807) is 7.11 Å². The fraction of sp³-hybridized carbons (Fsp3) is 0.571. The van der Waals surface area contributed by atoms with Gasteiger partial charge in [-0.05, 0) is 30.4 Å². The molecule has 1 saturated heterocycles. The zero-order valence-corrected chi connectivity index (χ0v) is 13.0. The van der Waals surface area contributed by atoms with Crippen molar-refractivity contribution in [2.75, 3.05) is 31.7 Å². The predicted molar refractivity (Wildman–Crippen MR) is 80.9 cm³/mol. The number of anilines is 1. The summed E-state index contributed by atoms with van der Waals surface area (Å²) in [5, 5.41) is 1.69. The maximum absolute atomic E-state index is 6.37. The zero-order valence-electron chi connectivity index (χ0n) is 10.7. The maximum atomic E-state index is 6.37. The third-order valence-corrected chi connectivity index (χ3v) is 4.36. The van der Waals surface area contributed by atoms with Crippen LogP contribution in [0.15, 0.2) is 18.2 Å². The molecule has 2 rings (SSSR count). The lowest BCUT2D eigenvalue weighted by atomic mass is 9.98. The minimum absolute atomic E-state index is 0.614. The highest BCUT2D eigenvalue weighted by Crippen LogP contribution is 2.34. The van der Waals surface area contributed by atoms with E-state index in [9.17, 15) is 0 Å². The topological polar surface area (TPSA) is 12.5 Å². The van der Waals surface area contributed by atoms with Crippen molar-refractivity contribution < 1.29 is 4.74 Å². The minimum Gasteiger partial charge on any atom is -0.384 e. The van der Waals surface area contributed by atoms with E-state index >= 15 is 0 Å². The molecule has 0 N–H and O–H groups in total. The van der Waals surface area contributed by atoms with Gasteiger partial charge >= 0.3 is 0 Å². The Bertz CT molecular complexity index is 397. The second-order valence-electron chi connectivity index (χ2n) is 4.79. The SMILES string of the molecule is COCC1CCCN(c2c(Cl)cccc2CBr)C1. The van der Waals surface area contributed by atoms with Gasteiger partial charge in [0.15, 0.2) is 0 Å². The van der Waals surface area contributed by atoms with Crippen LogP contribution in [0.25, 0.3) is 0 Å². The second kappa shape index (κ2) is 6.78.